The maximum atomic E-state index is 5.67. The number of H-pyrrole nitrogens is 1. The third-order valence-electron chi connectivity index (χ3n) is 3.53. The molecule has 0 bridgehead atoms. The predicted octanol–water partition coefficient (Wildman–Crippen LogP) is 3.13. The Bertz CT molecular complexity index is 635. The number of fused-ring (bicyclic) bond motifs is 1. The largest absolute Gasteiger partial charge is 0.486 e. The molecule has 0 fully saturated rings. The SMILES string of the molecule is CSc1cc2c(cc1CNc1c(C)n[nH]c1C)OCCO2. The van der Waals surface area contributed by atoms with Gasteiger partial charge in [-0.05, 0) is 37.8 Å². The van der Waals surface area contributed by atoms with E-state index >= 15 is 0 Å². The van der Waals surface area contributed by atoms with Crippen molar-refractivity contribution in [3.8, 4) is 11.5 Å². The lowest BCUT2D eigenvalue weighted by atomic mass is 10.1. The molecule has 0 saturated carbocycles. The summed E-state index contributed by atoms with van der Waals surface area (Å²) in [6.45, 7) is 5.96. The van der Waals surface area contributed by atoms with Crippen molar-refractivity contribution in [3.63, 3.8) is 0 Å². The molecule has 0 spiro atoms. The van der Waals surface area contributed by atoms with Gasteiger partial charge in [-0.2, -0.15) is 5.10 Å². The molecule has 0 aliphatic carbocycles. The minimum atomic E-state index is 0.610. The summed E-state index contributed by atoms with van der Waals surface area (Å²) < 4.78 is 11.3. The Balaban J connectivity index is 1.84. The minimum absolute atomic E-state index is 0.610. The van der Waals surface area contributed by atoms with Crippen molar-refractivity contribution in [1.29, 1.82) is 0 Å². The summed E-state index contributed by atoms with van der Waals surface area (Å²) in [6, 6.07) is 4.13. The van der Waals surface area contributed by atoms with Crippen LogP contribution in [0.15, 0.2) is 17.0 Å². The molecule has 3 rings (SSSR count). The number of aromatic nitrogens is 2. The summed E-state index contributed by atoms with van der Waals surface area (Å²) in [4.78, 5) is 1.20. The van der Waals surface area contributed by atoms with E-state index in [2.05, 4.69) is 33.9 Å². The predicted molar refractivity (Wildman–Crippen MR) is 84.6 cm³/mol. The quantitative estimate of drug-likeness (QED) is 0.850. The molecule has 0 amide bonds. The molecule has 112 valence electrons. The number of nitrogens with one attached hydrogen (secondary N) is 2. The van der Waals surface area contributed by atoms with Gasteiger partial charge in [-0.1, -0.05) is 0 Å². The van der Waals surface area contributed by atoms with Crippen LogP contribution in [0.25, 0.3) is 0 Å². The second-order valence-electron chi connectivity index (χ2n) is 4.97. The molecule has 2 heterocycles. The van der Waals surface area contributed by atoms with Crippen LogP contribution in [0.4, 0.5) is 5.69 Å². The molecule has 0 saturated heterocycles. The highest BCUT2D eigenvalue weighted by Crippen LogP contribution is 2.37. The van der Waals surface area contributed by atoms with Crippen LogP contribution in [-0.2, 0) is 6.54 Å². The Morgan fingerprint density at radius 2 is 1.95 bits per heavy atom. The zero-order valence-corrected chi connectivity index (χ0v) is 13.3. The fourth-order valence-corrected chi connectivity index (χ4v) is 3.05. The molecule has 21 heavy (non-hydrogen) atoms. The van der Waals surface area contributed by atoms with E-state index in [-0.39, 0.29) is 0 Å². The highest BCUT2D eigenvalue weighted by atomic mass is 32.2. The molecular formula is C15H19N3O2S. The van der Waals surface area contributed by atoms with Gasteiger partial charge in [-0.15, -0.1) is 11.8 Å². The first-order valence-corrected chi connectivity index (χ1v) is 8.13. The van der Waals surface area contributed by atoms with Gasteiger partial charge in [0.1, 0.15) is 13.2 Å². The van der Waals surface area contributed by atoms with Gasteiger partial charge in [0.05, 0.1) is 17.1 Å². The van der Waals surface area contributed by atoms with Crippen LogP contribution in [0.3, 0.4) is 0 Å². The van der Waals surface area contributed by atoms with E-state index in [1.165, 1.54) is 10.5 Å². The van der Waals surface area contributed by atoms with Crippen molar-refractivity contribution in [1.82, 2.24) is 10.2 Å². The molecule has 2 aromatic rings. The number of anilines is 1. The number of ether oxygens (including phenoxy) is 2. The monoisotopic (exact) mass is 305 g/mol. The number of rotatable bonds is 4. The summed E-state index contributed by atoms with van der Waals surface area (Å²) in [6.07, 6.45) is 2.07. The van der Waals surface area contributed by atoms with Crippen LogP contribution in [0, 0.1) is 13.8 Å². The van der Waals surface area contributed by atoms with Crippen molar-refractivity contribution < 1.29 is 9.47 Å². The molecule has 0 atom stereocenters. The van der Waals surface area contributed by atoms with Crippen molar-refractivity contribution in [2.75, 3.05) is 24.8 Å². The first kappa shape index (κ1) is 14.1. The summed E-state index contributed by atoms with van der Waals surface area (Å²) in [5.74, 6) is 1.67. The van der Waals surface area contributed by atoms with Crippen LogP contribution in [0.2, 0.25) is 0 Å². The Hall–Kier alpha value is -1.82. The number of hydrogen-bond donors (Lipinski definition) is 2. The Morgan fingerprint density at radius 3 is 2.57 bits per heavy atom. The number of thioether (sulfide) groups is 1. The number of nitrogens with zero attached hydrogens (tertiary/aromatic N) is 1. The first-order valence-electron chi connectivity index (χ1n) is 6.91. The second-order valence-corrected chi connectivity index (χ2v) is 5.82. The molecule has 1 aromatic heterocycles. The van der Waals surface area contributed by atoms with Crippen molar-refractivity contribution in [2.24, 2.45) is 0 Å². The van der Waals surface area contributed by atoms with Gasteiger partial charge in [0.25, 0.3) is 0 Å². The van der Waals surface area contributed by atoms with E-state index < -0.39 is 0 Å². The molecule has 6 heteroatoms. The summed E-state index contributed by atoms with van der Waals surface area (Å²) in [5, 5.41) is 10.6. The average Bonchev–Trinajstić information content (AvgIpc) is 2.83. The van der Waals surface area contributed by atoms with Crippen LogP contribution in [0.5, 0.6) is 11.5 Å². The van der Waals surface area contributed by atoms with Gasteiger partial charge < -0.3 is 14.8 Å². The zero-order valence-electron chi connectivity index (χ0n) is 12.4. The molecule has 2 N–H and O–H groups in total. The smallest absolute Gasteiger partial charge is 0.162 e. The molecular weight excluding hydrogens is 286 g/mol. The lowest BCUT2D eigenvalue weighted by Gasteiger charge is -2.21. The summed E-state index contributed by atoms with van der Waals surface area (Å²) >= 11 is 1.71. The molecule has 1 aliphatic heterocycles. The van der Waals surface area contributed by atoms with Crippen molar-refractivity contribution >= 4 is 17.4 Å². The van der Waals surface area contributed by atoms with Gasteiger partial charge in [0.2, 0.25) is 0 Å². The van der Waals surface area contributed by atoms with Gasteiger partial charge in [0, 0.05) is 11.4 Å². The summed E-state index contributed by atoms with van der Waals surface area (Å²) in [7, 11) is 0. The molecule has 1 aliphatic rings. The van der Waals surface area contributed by atoms with E-state index in [4.69, 9.17) is 9.47 Å². The number of benzene rings is 1. The maximum Gasteiger partial charge on any atom is 0.162 e. The summed E-state index contributed by atoms with van der Waals surface area (Å²) in [5.41, 5.74) is 4.30. The highest BCUT2D eigenvalue weighted by molar-refractivity contribution is 7.98. The Morgan fingerprint density at radius 1 is 1.24 bits per heavy atom. The van der Waals surface area contributed by atoms with Crippen molar-refractivity contribution in [2.45, 2.75) is 25.3 Å². The van der Waals surface area contributed by atoms with E-state index in [1.54, 1.807) is 11.8 Å². The number of hydrogen-bond acceptors (Lipinski definition) is 5. The van der Waals surface area contributed by atoms with Gasteiger partial charge >= 0.3 is 0 Å². The standard InChI is InChI=1S/C15H19N3O2S/c1-9-15(10(2)18-17-9)16-8-11-6-12-13(7-14(11)21-3)20-5-4-19-12/h6-7,16H,4-5,8H2,1-3H3,(H,17,18). The zero-order chi connectivity index (χ0) is 14.8. The molecule has 1 aromatic carbocycles. The third kappa shape index (κ3) is 2.81. The highest BCUT2D eigenvalue weighted by Gasteiger charge is 2.16. The Kier molecular flexibility index (Phi) is 3.96. The second kappa shape index (κ2) is 5.89. The Labute approximate surface area is 128 Å². The van der Waals surface area contributed by atoms with Gasteiger partial charge in [0.15, 0.2) is 11.5 Å². The van der Waals surface area contributed by atoms with Crippen LogP contribution in [0.1, 0.15) is 17.0 Å². The maximum absolute atomic E-state index is 5.67. The van der Waals surface area contributed by atoms with Crippen molar-refractivity contribution in [3.05, 3.63) is 29.1 Å². The average molecular weight is 305 g/mol. The lowest BCUT2D eigenvalue weighted by molar-refractivity contribution is 0.171. The molecule has 0 radical (unpaired) electrons. The van der Waals surface area contributed by atoms with Gasteiger partial charge in [-0.25, -0.2) is 0 Å². The van der Waals surface area contributed by atoms with E-state index in [9.17, 15) is 0 Å². The van der Waals surface area contributed by atoms with E-state index in [1.807, 2.05) is 13.8 Å². The van der Waals surface area contributed by atoms with E-state index in [0.29, 0.717) is 13.2 Å². The topological polar surface area (TPSA) is 59.2 Å². The fourth-order valence-electron chi connectivity index (χ4n) is 2.44. The first-order chi connectivity index (χ1) is 10.2. The van der Waals surface area contributed by atoms with Gasteiger partial charge in [-0.3, -0.25) is 5.10 Å². The van der Waals surface area contributed by atoms with Crippen LogP contribution < -0.4 is 14.8 Å². The minimum Gasteiger partial charge on any atom is -0.486 e. The van der Waals surface area contributed by atoms with E-state index in [0.717, 1.165) is 35.1 Å². The third-order valence-corrected chi connectivity index (χ3v) is 4.35. The van der Waals surface area contributed by atoms with Crippen LogP contribution >= 0.6 is 11.8 Å². The fraction of sp³-hybridized carbons (Fsp3) is 0.400. The molecule has 0 unspecified atom stereocenters. The number of aromatic amines is 1. The molecule has 5 nitrogen and oxygen atoms in total. The van der Waals surface area contributed by atoms with Crippen LogP contribution in [-0.4, -0.2) is 29.7 Å². The normalized spacial score (nSPS) is 13.3. The lowest BCUT2D eigenvalue weighted by Crippen LogP contribution is -2.16. The number of aryl methyl sites for hydroxylation is 2.